The van der Waals surface area contributed by atoms with Crippen LogP contribution in [0.25, 0.3) is 0 Å². The number of rotatable bonds is 2. The highest BCUT2D eigenvalue weighted by Crippen LogP contribution is 2.39. The summed E-state index contributed by atoms with van der Waals surface area (Å²) in [5.74, 6) is 0. The molecule has 15 heavy (non-hydrogen) atoms. The fraction of sp³-hybridized carbons (Fsp3) is 1.00. The van der Waals surface area contributed by atoms with E-state index in [1.807, 2.05) is 7.11 Å². The van der Waals surface area contributed by atoms with Crippen molar-refractivity contribution in [3.05, 3.63) is 0 Å². The molecule has 2 rings (SSSR count). The molecule has 1 saturated heterocycles. The van der Waals surface area contributed by atoms with Gasteiger partial charge in [-0.3, -0.25) is 0 Å². The maximum Gasteiger partial charge on any atom is 0.0833 e. The second kappa shape index (κ2) is 4.84. The van der Waals surface area contributed by atoms with E-state index in [1.165, 1.54) is 57.9 Å². The monoisotopic (exact) mass is 211 g/mol. The van der Waals surface area contributed by atoms with Crippen molar-refractivity contribution in [3.63, 3.8) is 0 Å². The lowest BCUT2D eigenvalue weighted by molar-refractivity contribution is -0.105. The van der Waals surface area contributed by atoms with Crippen molar-refractivity contribution in [1.82, 2.24) is 4.90 Å². The van der Waals surface area contributed by atoms with Crippen molar-refractivity contribution in [2.24, 2.45) is 0 Å². The van der Waals surface area contributed by atoms with E-state index in [9.17, 15) is 0 Å². The zero-order valence-electron chi connectivity index (χ0n) is 10.3. The van der Waals surface area contributed by atoms with Crippen LogP contribution in [-0.4, -0.2) is 37.2 Å². The SMILES string of the molecule is COC1(C2CCCCN2C)CCCCC1. The molecule has 0 spiro atoms. The van der Waals surface area contributed by atoms with Crippen LogP contribution in [0.4, 0.5) is 0 Å². The van der Waals surface area contributed by atoms with Crippen LogP contribution in [0.15, 0.2) is 0 Å². The van der Waals surface area contributed by atoms with Gasteiger partial charge in [0.15, 0.2) is 0 Å². The van der Waals surface area contributed by atoms with E-state index >= 15 is 0 Å². The summed E-state index contributed by atoms with van der Waals surface area (Å²) in [6.07, 6.45) is 10.8. The lowest BCUT2D eigenvalue weighted by atomic mass is 9.76. The van der Waals surface area contributed by atoms with E-state index in [1.54, 1.807) is 0 Å². The minimum atomic E-state index is 0.188. The average molecular weight is 211 g/mol. The zero-order valence-corrected chi connectivity index (χ0v) is 10.3. The molecule has 2 heteroatoms. The third-order valence-electron chi connectivity index (χ3n) is 4.48. The second-order valence-corrected chi connectivity index (χ2v) is 5.32. The first-order valence-corrected chi connectivity index (χ1v) is 6.54. The molecule has 2 aliphatic rings. The molecular weight excluding hydrogens is 186 g/mol. The summed E-state index contributed by atoms with van der Waals surface area (Å²) < 4.78 is 5.95. The van der Waals surface area contributed by atoms with Gasteiger partial charge in [0.1, 0.15) is 0 Å². The Morgan fingerprint density at radius 1 is 1.07 bits per heavy atom. The molecule has 1 aliphatic carbocycles. The van der Waals surface area contributed by atoms with Gasteiger partial charge in [-0.15, -0.1) is 0 Å². The molecule has 2 fully saturated rings. The largest absolute Gasteiger partial charge is 0.377 e. The third kappa shape index (κ3) is 2.21. The van der Waals surface area contributed by atoms with Gasteiger partial charge in [-0.05, 0) is 39.3 Å². The van der Waals surface area contributed by atoms with Crippen molar-refractivity contribution in [2.45, 2.75) is 63.0 Å². The van der Waals surface area contributed by atoms with E-state index in [0.29, 0.717) is 6.04 Å². The molecule has 1 atom stereocenters. The van der Waals surface area contributed by atoms with Gasteiger partial charge in [0.2, 0.25) is 0 Å². The minimum absolute atomic E-state index is 0.188. The predicted molar refractivity (Wildman–Crippen MR) is 63.1 cm³/mol. The molecule has 1 saturated carbocycles. The first-order chi connectivity index (χ1) is 7.28. The Balaban J connectivity index is 2.08. The van der Waals surface area contributed by atoms with Crippen molar-refractivity contribution >= 4 is 0 Å². The molecule has 0 aromatic rings. The Labute approximate surface area is 94.0 Å². The third-order valence-corrected chi connectivity index (χ3v) is 4.48. The number of hydrogen-bond acceptors (Lipinski definition) is 2. The van der Waals surface area contributed by atoms with Gasteiger partial charge in [-0.2, -0.15) is 0 Å². The van der Waals surface area contributed by atoms with Crippen molar-refractivity contribution in [1.29, 1.82) is 0 Å². The Hall–Kier alpha value is -0.0800. The predicted octanol–water partition coefficient (Wildman–Crippen LogP) is 2.82. The number of likely N-dealkylation sites (tertiary alicyclic amines) is 1. The molecule has 1 heterocycles. The van der Waals surface area contributed by atoms with E-state index in [-0.39, 0.29) is 5.60 Å². The van der Waals surface area contributed by atoms with Gasteiger partial charge in [0.25, 0.3) is 0 Å². The van der Waals surface area contributed by atoms with E-state index in [4.69, 9.17) is 4.74 Å². The van der Waals surface area contributed by atoms with Gasteiger partial charge in [-0.1, -0.05) is 25.7 Å². The van der Waals surface area contributed by atoms with E-state index < -0.39 is 0 Å². The van der Waals surface area contributed by atoms with Gasteiger partial charge in [0.05, 0.1) is 5.60 Å². The molecule has 88 valence electrons. The quantitative estimate of drug-likeness (QED) is 0.696. The molecule has 0 bridgehead atoms. The molecule has 0 aromatic heterocycles. The number of nitrogens with zero attached hydrogens (tertiary/aromatic N) is 1. The Bertz CT molecular complexity index is 199. The molecule has 0 amide bonds. The van der Waals surface area contributed by atoms with Gasteiger partial charge in [-0.25, -0.2) is 0 Å². The summed E-state index contributed by atoms with van der Waals surface area (Å²) in [6.45, 7) is 1.26. The smallest absolute Gasteiger partial charge is 0.0833 e. The molecule has 0 aromatic carbocycles. The Morgan fingerprint density at radius 2 is 1.80 bits per heavy atom. The zero-order chi connectivity index (χ0) is 10.7. The molecular formula is C13H25NO. The van der Waals surface area contributed by atoms with Crippen LogP contribution in [0.3, 0.4) is 0 Å². The maximum absolute atomic E-state index is 5.95. The summed E-state index contributed by atoms with van der Waals surface area (Å²) in [5, 5.41) is 0. The van der Waals surface area contributed by atoms with E-state index in [2.05, 4.69) is 11.9 Å². The van der Waals surface area contributed by atoms with Crippen molar-refractivity contribution < 1.29 is 4.74 Å². The summed E-state index contributed by atoms with van der Waals surface area (Å²) in [6, 6.07) is 0.677. The molecule has 1 aliphatic heterocycles. The average Bonchev–Trinajstić information content (AvgIpc) is 2.30. The number of hydrogen-bond donors (Lipinski definition) is 0. The van der Waals surface area contributed by atoms with Crippen molar-refractivity contribution in [3.8, 4) is 0 Å². The fourth-order valence-electron chi connectivity index (χ4n) is 3.56. The minimum Gasteiger partial charge on any atom is -0.377 e. The van der Waals surface area contributed by atoms with Crippen LogP contribution >= 0.6 is 0 Å². The van der Waals surface area contributed by atoms with E-state index in [0.717, 1.165) is 0 Å². The van der Waals surface area contributed by atoms with Crippen LogP contribution < -0.4 is 0 Å². The van der Waals surface area contributed by atoms with Gasteiger partial charge >= 0.3 is 0 Å². The Morgan fingerprint density at radius 3 is 2.40 bits per heavy atom. The van der Waals surface area contributed by atoms with Crippen LogP contribution in [-0.2, 0) is 4.74 Å². The second-order valence-electron chi connectivity index (χ2n) is 5.32. The highest BCUT2D eigenvalue weighted by atomic mass is 16.5. The first-order valence-electron chi connectivity index (χ1n) is 6.54. The lowest BCUT2D eigenvalue weighted by Crippen LogP contribution is -2.55. The Kier molecular flexibility index (Phi) is 3.68. The summed E-state index contributed by atoms with van der Waals surface area (Å²) in [4.78, 5) is 2.54. The normalized spacial score (nSPS) is 32.8. The highest BCUT2D eigenvalue weighted by Gasteiger charge is 2.42. The standard InChI is InChI=1S/C13H25NO/c1-14-11-7-4-8-12(14)13(15-2)9-5-3-6-10-13/h12H,3-11H2,1-2H3. The topological polar surface area (TPSA) is 12.5 Å². The number of piperidine rings is 1. The summed E-state index contributed by atoms with van der Waals surface area (Å²) >= 11 is 0. The first kappa shape index (κ1) is 11.4. The summed E-state index contributed by atoms with van der Waals surface area (Å²) in [5.41, 5.74) is 0.188. The van der Waals surface area contributed by atoms with Crippen LogP contribution in [0.5, 0.6) is 0 Å². The van der Waals surface area contributed by atoms with Gasteiger partial charge in [0, 0.05) is 13.2 Å². The molecule has 1 unspecified atom stereocenters. The number of methoxy groups -OCH3 is 1. The summed E-state index contributed by atoms with van der Waals surface area (Å²) in [7, 11) is 4.20. The fourth-order valence-corrected chi connectivity index (χ4v) is 3.56. The van der Waals surface area contributed by atoms with Crippen LogP contribution in [0, 0.1) is 0 Å². The van der Waals surface area contributed by atoms with Crippen molar-refractivity contribution in [2.75, 3.05) is 20.7 Å². The van der Waals surface area contributed by atoms with Crippen LogP contribution in [0.1, 0.15) is 51.4 Å². The molecule has 2 nitrogen and oxygen atoms in total. The van der Waals surface area contributed by atoms with Crippen LogP contribution in [0.2, 0.25) is 0 Å². The van der Waals surface area contributed by atoms with Gasteiger partial charge < -0.3 is 9.64 Å². The molecule has 0 N–H and O–H groups in total. The number of ether oxygens (including phenoxy) is 1. The molecule has 0 radical (unpaired) electrons. The number of likely N-dealkylation sites (N-methyl/N-ethyl adjacent to an activating group) is 1. The maximum atomic E-state index is 5.95. The lowest BCUT2D eigenvalue weighted by Gasteiger charge is -2.48. The highest BCUT2D eigenvalue weighted by molar-refractivity contribution is 4.97.